The van der Waals surface area contributed by atoms with Gasteiger partial charge in [-0.15, -0.1) is 0 Å². The van der Waals surface area contributed by atoms with Gasteiger partial charge in [-0.05, 0) is 24.1 Å². The number of nitriles is 1. The molecule has 0 radical (unpaired) electrons. The number of aryl methyl sites for hydroxylation is 1. The zero-order valence-electron chi connectivity index (χ0n) is 12.5. The Kier molecular flexibility index (Phi) is 4.27. The Morgan fingerprint density at radius 1 is 1.43 bits per heavy atom. The van der Waals surface area contributed by atoms with Gasteiger partial charge in [-0.25, -0.2) is 9.37 Å². The highest BCUT2D eigenvalue weighted by atomic mass is 19.1. The molecule has 0 atom stereocenters. The molecule has 5 heteroatoms. The Hall–Kier alpha value is -2.35. The summed E-state index contributed by atoms with van der Waals surface area (Å²) < 4.78 is 15.4. The van der Waals surface area contributed by atoms with Gasteiger partial charge in [-0.3, -0.25) is 0 Å². The molecule has 2 rings (SSSR count). The van der Waals surface area contributed by atoms with E-state index in [1.807, 2.05) is 17.6 Å². The van der Waals surface area contributed by atoms with E-state index in [1.165, 1.54) is 12.1 Å². The van der Waals surface area contributed by atoms with Crippen LogP contribution >= 0.6 is 0 Å². The molecule has 1 aromatic carbocycles. The monoisotopic (exact) mass is 286 g/mol. The van der Waals surface area contributed by atoms with Crippen LogP contribution in [0, 0.1) is 23.1 Å². The highest BCUT2D eigenvalue weighted by Crippen LogP contribution is 2.28. The molecule has 0 aliphatic carbocycles. The van der Waals surface area contributed by atoms with Crippen molar-refractivity contribution in [3.05, 3.63) is 35.4 Å². The number of imidazole rings is 1. The van der Waals surface area contributed by atoms with E-state index in [1.54, 1.807) is 6.07 Å². The maximum absolute atomic E-state index is 13.4. The van der Waals surface area contributed by atoms with Crippen molar-refractivity contribution in [2.24, 2.45) is 5.92 Å². The van der Waals surface area contributed by atoms with Gasteiger partial charge in [0.15, 0.2) is 0 Å². The number of nitrogen functional groups attached to an aromatic ring is 1. The molecule has 2 aromatic rings. The first-order valence-corrected chi connectivity index (χ1v) is 7.02. The number of aromatic nitrogens is 2. The average Bonchev–Trinajstić information content (AvgIpc) is 2.76. The normalized spacial score (nSPS) is 10.9. The lowest BCUT2D eigenvalue weighted by molar-refractivity contribution is 0.513. The molecule has 1 heterocycles. The second kappa shape index (κ2) is 5.96. The minimum absolute atomic E-state index is 0.00311. The maximum Gasteiger partial charge on any atom is 0.140 e. The van der Waals surface area contributed by atoms with Crippen LogP contribution in [-0.4, -0.2) is 9.55 Å². The minimum atomic E-state index is -0.530. The van der Waals surface area contributed by atoms with E-state index in [9.17, 15) is 4.39 Å². The van der Waals surface area contributed by atoms with Gasteiger partial charge in [0.2, 0.25) is 0 Å². The summed E-state index contributed by atoms with van der Waals surface area (Å²) in [5.74, 6) is 1.38. The molecule has 0 saturated heterocycles. The Morgan fingerprint density at radius 3 is 2.71 bits per heavy atom. The van der Waals surface area contributed by atoms with Crippen molar-refractivity contribution in [2.75, 3.05) is 5.73 Å². The molecule has 0 bridgehead atoms. The fourth-order valence-electron chi connectivity index (χ4n) is 2.32. The summed E-state index contributed by atoms with van der Waals surface area (Å²) >= 11 is 0. The molecule has 0 saturated carbocycles. The predicted molar refractivity (Wildman–Crippen MR) is 81.0 cm³/mol. The molecule has 1 aromatic heterocycles. The van der Waals surface area contributed by atoms with Crippen LogP contribution in [0.2, 0.25) is 0 Å². The first-order valence-electron chi connectivity index (χ1n) is 7.02. The van der Waals surface area contributed by atoms with Crippen LogP contribution in [-0.2, 0) is 13.0 Å². The Morgan fingerprint density at radius 2 is 2.14 bits per heavy atom. The van der Waals surface area contributed by atoms with E-state index >= 15 is 0 Å². The summed E-state index contributed by atoms with van der Waals surface area (Å²) in [6, 6.07) is 6.22. The largest absolute Gasteiger partial charge is 0.383 e. The van der Waals surface area contributed by atoms with Crippen LogP contribution in [0.5, 0.6) is 0 Å². The van der Waals surface area contributed by atoms with Crippen LogP contribution in [0.4, 0.5) is 10.2 Å². The number of hydrogen-bond donors (Lipinski definition) is 1. The first-order chi connectivity index (χ1) is 9.97. The maximum atomic E-state index is 13.4. The van der Waals surface area contributed by atoms with Crippen LogP contribution in [0.25, 0.3) is 11.3 Å². The van der Waals surface area contributed by atoms with Crippen molar-refractivity contribution in [1.82, 2.24) is 9.55 Å². The number of nitrogens with two attached hydrogens (primary N) is 1. The van der Waals surface area contributed by atoms with Crippen LogP contribution < -0.4 is 5.73 Å². The Bertz CT molecular complexity index is 695. The minimum Gasteiger partial charge on any atom is -0.383 e. The van der Waals surface area contributed by atoms with E-state index in [0.717, 1.165) is 18.8 Å². The molecular formula is C16H19FN4. The summed E-state index contributed by atoms with van der Waals surface area (Å²) in [6.07, 6.45) is 0.767. The van der Waals surface area contributed by atoms with Crippen molar-refractivity contribution in [3.63, 3.8) is 0 Å². The van der Waals surface area contributed by atoms with Crippen LogP contribution in [0.3, 0.4) is 0 Å². The molecule has 4 nitrogen and oxygen atoms in total. The van der Waals surface area contributed by atoms with E-state index in [2.05, 4.69) is 18.8 Å². The van der Waals surface area contributed by atoms with Gasteiger partial charge < -0.3 is 10.3 Å². The molecule has 0 amide bonds. The number of rotatable bonds is 4. The lowest BCUT2D eigenvalue weighted by Crippen LogP contribution is -2.10. The highest BCUT2D eigenvalue weighted by Gasteiger charge is 2.17. The number of hydrogen-bond acceptors (Lipinski definition) is 3. The lowest BCUT2D eigenvalue weighted by Gasteiger charge is -2.11. The molecule has 21 heavy (non-hydrogen) atoms. The Balaban J connectivity index is 2.55. The second-order valence-corrected chi connectivity index (χ2v) is 5.43. The summed E-state index contributed by atoms with van der Waals surface area (Å²) in [5, 5.41) is 8.94. The summed E-state index contributed by atoms with van der Waals surface area (Å²) in [4.78, 5) is 4.56. The lowest BCUT2D eigenvalue weighted by atomic mass is 10.1. The van der Waals surface area contributed by atoms with Crippen molar-refractivity contribution in [3.8, 4) is 17.3 Å². The Labute approximate surface area is 124 Å². The first kappa shape index (κ1) is 15.0. The van der Waals surface area contributed by atoms with E-state index in [-0.39, 0.29) is 5.56 Å². The van der Waals surface area contributed by atoms with Crippen molar-refractivity contribution in [2.45, 2.75) is 33.7 Å². The molecule has 0 spiro atoms. The predicted octanol–water partition coefficient (Wildman–Crippen LogP) is 3.36. The van der Waals surface area contributed by atoms with Gasteiger partial charge in [0.05, 0.1) is 5.56 Å². The third kappa shape index (κ3) is 2.89. The standard InChI is InChI=1S/C16H19FN4/c1-4-14-20-15(16(19)21(14)9-10(2)3)11-5-6-13(17)12(7-11)8-18/h5-7,10H,4,9,19H2,1-3H3. The molecule has 0 aliphatic rings. The summed E-state index contributed by atoms with van der Waals surface area (Å²) in [6.45, 7) is 7.04. The summed E-state index contributed by atoms with van der Waals surface area (Å²) in [7, 11) is 0. The number of anilines is 1. The van der Waals surface area contributed by atoms with Crippen molar-refractivity contribution >= 4 is 5.82 Å². The van der Waals surface area contributed by atoms with Gasteiger partial charge in [-0.2, -0.15) is 5.26 Å². The molecule has 110 valence electrons. The van der Waals surface area contributed by atoms with E-state index in [0.29, 0.717) is 23.0 Å². The quantitative estimate of drug-likeness (QED) is 0.937. The third-order valence-electron chi connectivity index (χ3n) is 3.31. The van der Waals surface area contributed by atoms with Gasteiger partial charge in [0.25, 0.3) is 0 Å². The number of nitrogens with zero attached hydrogens (tertiary/aromatic N) is 3. The van der Waals surface area contributed by atoms with Gasteiger partial charge in [-0.1, -0.05) is 20.8 Å². The number of benzene rings is 1. The van der Waals surface area contributed by atoms with Gasteiger partial charge in [0, 0.05) is 18.5 Å². The third-order valence-corrected chi connectivity index (χ3v) is 3.31. The molecule has 2 N–H and O–H groups in total. The molecular weight excluding hydrogens is 267 g/mol. The smallest absolute Gasteiger partial charge is 0.140 e. The summed E-state index contributed by atoms with van der Waals surface area (Å²) in [5.41, 5.74) is 7.50. The SMILES string of the molecule is CCc1nc(-c2ccc(F)c(C#N)c2)c(N)n1CC(C)C. The van der Waals surface area contributed by atoms with Crippen molar-refractivity contribution in [1.29, 1.82) is 5.26 Å². The zero-order valence-corrected chi connectivity index (χ0v) is 12.5. The van der Waals surface area contributed by atoms with Crippen molar-refractivity contribution < 1.29 is 4.39 Å². The fraction of sp³-hybridized carbons (Fsp3) is 0.375. The van der Waals surface area contributed by atoms with E-state index in [4.69, 9.17) is 11.0 Å². The van der Waals surface area contributed by atoms with Crippen LogP contribution in [0.15, 0.2) is 18.2 Å². The zero-order chi connectivity index (χ0) is 15.6. The highest BCUT2D eigenvalue weighted by molar-refractivity contribution is 5.72. The van der Waals surface area contributed by atoms with Gasteiger partial charge in [0.1, 0.15) is 29.2 Å². The topological polar surface area (TPSA) is 67.6 Å². The second-order valence-electron chi connectivity index (χ2n) is 5.43. The number of halogens is 1. The molecule has 0 aliphatic heterocycles. The fourth-order valence-corrected chi connectivity index (χ4v) is 2.32. The average molecular weight is 286 g/mol. The van der Waals surface area contributed by atoms with Gasteiger partial charge >= 0.3 is 0 Å². The molecule has 0 fully saturated rings. The van der Waals surface area contributed by atoms with Crippen LogP contribution in [0.1, 0.15) is 32.2 Å². The van der Waals surface area contributed by atoms with E-state index < -0.39 is 5.82 Å². The molecule has 0 unspecified atom stereocenters.